The molecule has 0 aliphatic rings. The highest BCUT2D eigenvalue weighted by molar-refractivity contribution is 7.80. The highest BCUT2D eigenvalue weighted by Gasteiger charge is 2.05. The summed E-state index contributed by atoms with van der Waals surface area (Å²) >= 11 is 4.24. The monoisotopic (exact) mass is 309 g/mol. The summed E-state index contributed by atoms with van der Waals surface area (Å²) in [6.07, 6.45) is 9.37. The number of unbranched alkanes of at least 4 members (excludes halogenated alkanes) is 6. The SMILES string of the molecule is COc1ccccc1CN(C)CCCCCCCCCS. The first-order valence-corrected chi connectivity index (χ1v) is 8.82. The van der Waals surface area contributed by atoms with Crippen LogP contribution in [0.5, 0.6) is 5.75 Å². The van der Waals surface area contributed by atoms with Crippen LogP contribution < -0.4 is 4.74 Å². The fourth-order valence-corrected chi connectivity index (χ4v) is 2.80. The molecular weight excluding hydrogens is 278 g/mol. The summed E-state index contributed by atoms with van der Waals surface area (Å²) in [6.45, 7) is 2.13. The molecule has 0 aliphatic carbocycles. The summed E-state index contributed by atoms with van der Waals surface area (Å²) in [5.74, 6) is 2.03. The summed E-state index contributed by atoms with van der Waals surface area (Å²) in [5.41, 5.74) is 1.27. The van der Waals surface area contributed by atoms with Crippen molar-refractivity contribution in [3.8, 4) is 5.75 Å². The predicted molar refractivity (Wildman–Crippen MR) is 95.5 cm³/mol. The van der Waals surface area contributed by atoms with Crippen molar-refractivity contribution in [2.24, 2.45) is 0 Å². The Bertz CT molecular complexity index is 370. The van der Waals surface area contributed by atoms with Crippen molar-refractivity contribution in [3.63, 3.8) is 0 Å². The van der Waals surface area contributed by atoms with Gasteiger partial charge >= 0.3 is 0 Å². The summed E-state index contributed by atoms with van der Waals surface area (Å²) in [4.78, 5) is 2.39. The largest absolute Gasteiger partial charge is 0.496 e. The smallest absolute Gasteiger partial charge is 0.123 e. The summed E-state index contributed by atoms with van der Waals surface area (Å²) in [7, 11) is 3.94. The molecule has 0 N–H and O–H groups in total. The first-order chi connectivity index (χ1) is 10.3. The van der Waals surface area contributed by atoms with Gasteiger partial charge in [0.2, 0.25) is 0 Å². The highest BCUT2D eigenvalue weighted by atomic mass is 32.1. The number of methoxy groups -OCH3 is 1. The van der Waals surface area contributed by atoms with Crippen molar-refractivity contribution >= 4 is 12.6 Å². The maximum Gasteiger partial charge on any atom is 0.123 e. The predicted octanol–water partition coefficient (Wildman–Crippen LogP) is 4.79. The van der Waals surface area contributed by atoms with E-state index >= 15 is 0 Å². The molecule has 0 atom stereocenters. The fraction of sp³-hybridized carbons (Fsp3) is 0.667. The van der Waals surface area contributed by atoms with Crippen LogP contribution in [0.1, 0.15) is 50.5 Å². The van der Waals surface area contributed by atoms with Gasteiger partial charge in [-0.2, -0.15) is 12.6 Å². The van der Waals surface area contributed by atoms with E-state index in [9.17, 15) is 0 Å². The van der Waals surface area contributed by atoms with Gasteiger partial charge in [-0.1, -0.05) is 50.3 Å². The summed E-state index contributed by atoms with van der Waals surface area (Å²) in [5, 5.41) is 0. The van der Waals surface area contributed by atoms with Crippen LogP contribution >= 0.6 is 12.6 Å². The third-order valence-electron chi connectivity index (χ3n) is 3.83. The molecule has 0 unspecified atom stereocenters. The Labute approximate surface area is 136 Å². The number of para-hydroxylation sites is 1. The van der Waals surface area contributed by atoms with E-state index in [1.807, 2.05) is 12.1 Å². The quantitative estimate of drug-likeness (QED) is 0.440. The second kappa shape index (κ2) is 11.9. The van der Waals surface area contributed by atoms with Crippen LogP contribution in [0.15, 0.2) is 24.3 Å². The zero-order valence-electron chi connectivity index (χ0n) is 13.7. The van der Waals surface area contributed by atoms with Crippen LogP contribution in [0.3, 0.4) is 0 Å². The van der Waals surface area contributed by atoms with Gasteiger partial charge in [0.1, 0.15) is 5.75 Å². The molecule has 0 spiro atoms. The molecule has 21 heavy (non-hydrogen) atoms. The zero-order chi connectivity index (χ0) is 15.3. The molecule has 0 heterocycles. The third kappa shape index (κ3) is 8.37. The van der Waals surface area contributed by atoms with Crippen molar-refractivity contribution in [2.45, 2.75) is 51.5 Å². The van der Waals surface area contributed by atoms with E-state index in [1.54, 1.807) is 7.11 Å². The number of hydrogen-bond donors (Lipinski definition) is 1. The molecular formula is C18H31NOS. The molecule has 0 saturated carbocycles. The van der Waals surface area contributed by atoms with E-state index < -0.39 is 0 Å². The van der Waals surface area contributed by atoms with E-state index in [-0.39, 0.29) is 0 Å². The third-order valence-corrected chi connectivity index (χ3v) is 4.15. The summed E-state index contributed by atoms with van der Waals surface area (Å²) < 4.78 is 5.40. The maximum atomic E-state index is 5.40. The topological polar surface area (TPSA) is 12.5 Å². The van der Waals surface area contributed by atoms with Gasteiger partial charge < -0.3 is 9.64 Å². The van der Waals surface area contributed by atoms with E-state index in [4.69, 9.17) is 4.74 Å². The fourth-order valence-electron chi connectivity index (χ4n) is 2.58. The van der Waals surface area contributed by atoms with E-state index in [0.717, 1.165) is 24.6 Å². The Morgan fingerprint density at radius 1 is 0.952 bits per heavy atom. The zero-order valence-corrected chi connectivity index (χ0v) is 14.6. The second-order valence-corrected chi connectivity index (χ2v) is 6.20. The van der Waals surface area contributed by atoms with Crippen LogP contribution in [-0.4, -0.2) is 31.4 Å². The number of thiol groups is 1. The molecule has 2 nitrogen and oxygen atoms in total. The highest BCUT2D eigenvalue weighted by Crippen LogP contribution is 2.19. The van der Waals surface area contributed by atoms with Crippen molar-refractivity contribution in [3.05, 3.63) is 29.8 Å². The second-order valence-electron chi connectivity index (χ2n) is 5.75. The standard InChI is InChI=1S/C18H31NOS/c1-19(14-10-6-4-3-5-7-11-15-21)16-17-12-8-9-13-18(17)20-2/h8-9,12-13,21H,3-7,10-11,14-16H2,1-2H3. The molecule has 120 valence electrons. The van der Waals surface area contributed by atoms with Gasteiger partial charge in [-0.3, -0.25) is 0 Å². The minimum atomic E-state index is 0.964. The van der Waals surface area contributed by atoms with Gasteiger partial charge in [-0.25, -0.2) is 0 Å². The number of rotatable bonds is 12. The molecule has 1 aromatic rings. The van der Waals surface area contributed by atoms with Gasteiger partial charge in [0.05, 0.1) is 7.11 Å². The molecule has 0 bridgehead atoms. The lowest BCUT2D eigenvalue weighted by molar-refractivity contribution is 0.308. The van der Waals surface area contributed by atoms with Crippen molar-refractivity contribution in [1.29, 1.82) is 0 Å². The van der Waals surface area contributed by atoms with Gasteiger partial charge in [0.15, 0.2) is 0 Å². The van der Waals surface area contributed by atoms with Crippen LogP contribution in [0.4, 0.5) is 0 Å². The molecule has 0 saturated heterocycles. The Morgan fingerprint density at radius 2 is 1.57 bits per heavy atom. The van der Waals surface area contributed by atoms with Gasteiger partial charge in [0.25, 0.3) is 0 Å². The number of nitrogens with zero attached hydrogens (tertiary/aromatic N) is 1. The van der Waals surface area contributed by atoms with Gasteiger partial charge in [-0.15, -0.1) is 0 Å². The molecule has 0 radical (unpaired) electrons. The van der Waals surface area contributed by atoms with Crippen LogP contribution in [0.25, 0.3) is 0 Å². The Kier molecular flexibility index (Phi) is 10.4. The molecule has 1 aromatic carbocycles. The Hall–Kier alpha value is -0.670. The number of ether oxygens (including phenoxy) is 1. The molecule has 3 heteroatoms. The lowest BCUT2D eigenvalue weighted by Crippen LogP contribution is -2.19. The molecule has 0 fully saturated rings. The van der Waals surface area contributed by atoms with Crippen LogP contribution in [-0.2, 0) is 6.54 Å². The van der Waals surface area contributed by atoms with E-state index in [0.29, 0.717) is 0 Å². The Morgan fingerprint density at radius 3 is 2.24 bits per heavy atom. The molecule has 0 amide bonds. The minimum absolute atomic E-state index is 0.964. The molecule has 1 rings (SSSR count). The van der Waals surface area contributed by atoms with Crippen molar-refractivity contribution in [2.75, 3.05) is 26.5 Å². The number of hydrogen-bond acceptors (Lipinski definition) is 3. The first-order valence-electron chi connectivity index (χ1n) is 8.19. The minimum Gasteiger partial charge on any atom is -0.496 e. The normalized spacial score (nSPS) is 11.0. The average Bonchev–Trinajstić information content (AvgIpc) is 2.50. The van der Waals surface area contributed by atoms with Gasteiger partial charge in [0, 0.05) is 12.1 Å². The van der Waals surface area contributed by atoms with Crippen molar-refractivity contribution in [1.82, 2.24) is 4.90 Å². The first kappa shape index (κ1) is 18.4. The molecule has 0 aromatic heterocycles. The van der Waals surface area contributed by atoms with Crippen molar-refractivity contribution < 1.29 is 4.74 Å². The van der Waals surface area contributed by atoms with E-state index in [2.05, 4.69) is 36.7 Å². The summed E-state index contributed by atoms with van der Waals surface area (Å²) in [6, 6.07) is 8.29. The lowest BCUT2D eigenvalue weighted by atomic mass is 10.1. The Balaban J connectivity index is 2.10. The average molecular weight is 310 g/mol. The number of benzene rings is 1. The lowest BCUT2D eigenvalue weighted by Gasteiger charge is -2.18. The maximum absolute atomic E-state index is 5.40. The van der Waals surface area contributed by atoms with Crippen LogP contribution in [0.2, 0.25) is 0 Å². The van der Waals surface area contributed by atoms with Gasteiger partial charge in [-0.05, 0) is 38.3 Å². The van der Waals surface area contributed by atoms with Crippen LogP contribution in [0, 0.1) is 0 Å². The molecule has 0 aliphatic heterocycles. The van der Waals surface area contributed by atoms with E-state index in [1.165, 1.54) is 50.5 Å².